The number of halogens is 2. The number of nitrogen functional groups attached to an aromatic ring is 1. The predicted octanol–water partition coefficient (Wildman–Crippen LogP) is 5.01. The van der Waals surface area contributed by atoms with E-state index < -0.39 is 0 Å². The number of benzene rings is 2. The van der Waals surface area contributed by atoms with Crippen LogP contribution in [-0.4, -0.2) is 6.61 Å². The van der Waals surface area contributed by atoms with Gasteiger partial charge in [-0.1, -0.05) is 6.92 Å². The second-order valence-corrected chi connectivity index (χ2v) is 5.70. The lowest BCUT2D eigenvalue weighted by Gasteiger charge is -2.13. The molecule has 5 heteroatoms. The Bertz CT molecular complexity index is 646. The van der Waals surface area contributed by atoms with Gasteiger partial charge in [0, 0.05) is 29.2 Å². The molecule has 0 fully saturated rings. The van der Waals surface area contributed by atoms with Crippen LogP contribution in [0.5, 0.6) is 5.75 Å². The van der Waals surface area contributed by atoms with E-state index >= 15 is 0 Å². The predicted molar refractivity (Wildman–Crippen MR) is 88.8 cm³/mol. The lowest BCUT2D eigenvalue weighted by molar-refractivity contribution is 0.318. The van der Waals surface area contributed by atoms with Gasteiger partial charge in [0.05, 0.1) is 11.1 Å². The Balaban J connectivity index is 2.27. The zero-order valence-corrected chi connectivity index (χ0v) is 13.6. The van der Waals surface area contributed by atoms with Crippen molar-refractivity contribution in [3.8, 4) is 5.75 Å². The first-order valence-electron chi connectivity index (χ1n) is 6.75. The van der Waals surface area contributed by atoms with E-state index in [9.17, 15) is 4.39 Å². The van der Waals surface area contributed by atoms with E-state index in [0.717, 1.165) is 29.1 Å². The van der Waals surface area contributed by atoms with Gasteiger partial charge in [-0.25, -0.2) is 4.39 Å². The minimum atomic E-state index is -0.280. The van der Waals surface area contributed by atoms with E-state index in [0.29, 0.717) is 16.8 Å². The smallest absolute Gasteiger partial charge is 0.137 e. The fourth-order valence-electron chi connectivity index (χ4n) is 1.93. The molecule has 0 spiro atoms. The van der Waals surface area contributed by atoms with Crippen molar-refractivity contribution in [2.75, 3.05) is 17.7 Å². The van der Waals surface area contributed by atoms with Crippen LogP contribution in [0.15, 0.2) is 34.8 Å². The largest absolute Gasteiger partial charge is 0.493 e. The van der Waals surface area contributed by atoms with Gasteiger partial charge in [-0.2, -0.15) is 0 Å². The highest BCUT2D eigenvalue weighted by molar-refractivity contribution is 9.10. The van der Waals surface area contributed by atoms with E-state index in [4.69, 9.17) is 10.5 Å². The molecule has 0 bridgehead atoms. The average molecular weight is 353 g/mol. The lowest BCUT2D eigenvalue weighted by Crippen LogP contribution is -1.99. The van der Waals surface area contributed by atoms with Crippen LogP contribution in [0.4, 0.5) is 21.5 Å². The van der Waals surface area contributed by atoms with E-state index in [1.165, 1.54) is 6.07 Å². The molecule has 0 radical (unpaired) electrons. The molecule has 3 N–H and O–H groups in total. The molecule has 0 atom stereocenters. The Morgan fingerprint density at radius 2 is 2.00 bits per heavy atom. The first kappa shape index (κ1) is 15.6. The summed E-state index contributed by atoms with van der Waals surface area (Å²) < 4.78 is 19.5. The zero-order valence-electron chi connectivity index (χ0n) is 12.0. The molecule has 0 saturated heterocycles. The maximum Gasteiger partial charge on any atom is 0.137 e. The summed E-state index contributed by atoms with van der Waals surface area (Å²) in [6.45, 7) is 4.54. The number of anilines is 3. The van der Waals surface area contributed by atoms with E-state index in [1.807, 2.05) is 26.0 Å². The summed E-state index contributed by atoms with van der Waals surface area (Å²) in [6, 6.07) is 8.67. The first-order valence-corrected chi connectivity index (χ1v) is 7.55. The van der Waals surface area contributed by atoms with Crippen molar-refractivity contribution < 1.29 is 9.13 Å². The molecule has 2 aromatic carbocycles. The zero-order chi connectivity index (χ0) is 15.4. The van der Waals surface area contributed by atoms with Gasteiger partial charge in [0.25, 0.3) is 0 Å². The fraction of sp³-hybridized carbons (Fsp3) is 0.250. The quantitative estimate of drug-likeness (QED) is 0.743. The second-order valence-electron chi connectivity index (χ2n) is 4.85. The highest BCUT2D eigenvalue weighted by atomic mass is 79.9. The van der Waals surface area contributed by atoms with Gasteiger partial charge in [-0.15, -0.1) is 0 Å². The SMILES string of the molecule is CCCOc1cc(N)cc(Nc2cc(Br)c(F)cc2C)c1. The topological polar surface area (TPSA) is 47.3 Å². The average Bonchev–Trinajstić information content (AvgIpc) is 2.42. The highest BCUT2D eigenvalue weighted by Crippen LogP contribution is 2.30. The molecular formula is C16H18BrFN2O. The molecular weight excluding hydrogens is 335 g/mol. The van der Waals surface area contributed by atoms with Gasteiger partial charge in [0.15, 0.2) is 0 Å². The van der Waals surface area contributed by atoms with E-state index in [1.54, 1.807) is 12.1 Å². The van der Waals surface area contributed by atoms with Crippen molar-refractivity contribution in [1.29, 1.82) is 0 Å². The molecule has 0 aliphatic heterocycles. The van der Waals surface area contributed by atoms with Crippen LogP contribution < -0.4 is 15.8 Å². The Labute approximate surface area is 132 Å². The Kier molecular flexibility index (Phi) is 5.07. The molecule has 2 aromatic rings. The molecule has 2 rings (SSSR count). The van der Waals surface area contributed by atoms with Gasteiger partial charge in [0.2, 0.25) is 0 Å². The molecule has 0 amide bonds. The van der Waals surface area contributed by atoms with Crippen molar-refractivity contribution in [2.24, 2.45) is 0 Å². The third-order valence-corrected chi connectivity index (χ3v) is 3.56. The van der Waals surface area contributed by atoms with Crippen LogP contribution in [0.25, 0.3) is 0 Å². The molecule has 0 aromatic heterocycles. The van der Waals surface area contributed by atoms with Gasteiger partial charge >= 0.3 is 0 Å². The van der Waals surface area contributed by atoms with Gasteiger partial charge in [0.1, 0.15) is 11.6 Å². The number of aryl methyl sites for hydroxylation is 1. The molecule has 0 heterocycles. The summed E-state index contributed by atoms with van der Waals surface area (Å²) in [4.78, 5) is 0. The second kappa shape index (κ2) is 6.80. The molecule has 3 nitrogen and oxygen atoms in total. The number of rotatable bonds is 5. The van der Waals surface area contributed by atoms with Crippen LogP contribution in [0.1, 0.15) is 18.9 Å². The third-order valence-electron chi connectivity index (χ3n) is 2.95. The maximum absolute atomic E-state index is 13.5. The van der Waals surface area contributed by atoms with Crippen LogP contribution >= 0.6 is 15.9 Å². The standard InChI is InChI=1S/C16H18BrFN2O/c1-3-4-21-13-7-11(19)6-12(8-13)20-16-9-14(17)15(18)5-10(16)2/h5-9,20H,3-4,19H2,1-2H3. The molecule has 0 unspecified atom stereocenters. The van der Waals surface area contributed by atoms with E-state index in [2.05, 4.69) is 21.2 Å². The van der Waals surface area contributed by atoms with Crippen molar-refractivity contribution >= 4 is 33.0 Å². The van der Waals surface area contributed by atoms with Crippen LogP contribution in [0.2, 0.25) is 0 Å². The van der Waals surface area contributed by atoms with Crippen LogP contribution in [0.3, 0.4) is 0 Å². The normalized spacial score (nSPS) is 10.5. The number of ether oxygens (including phenoxy) is 1. The maximum atomic E-state index is 13.5. The van der Waals surface area contributed by atoms with Gasteiger partial charge < -0.3 is 15.8 Å². The van der Waals surface area contributed by atoms with Crippen LogP contribution in [0, 0.1) is 12.7 Å². The Morgan fingerprint density at radius 1 is 1.24 bits per heavy atom. The molecule has 0 aliphatic carbocycles. The Hall–Kier alpha value is -1.75. The summed E-state index contributed by atoms with van der Waals surface area (Å²) in [6.07, 6.45) is 0.932. The number of hydrogen-bond acceptors (Lipinski definition) is 3. The minimum absolute atomic E-state index is 0.280. The summed E-state index contributed by atoms with van der Waals surface area (Å²) in [5.41, 5.74) is 8.94. The fourth-order valence-corrected chi connectivity index (χ4v) is 2.28. The van der Waals surface area contributed by atoms with Crippen molar-refractivity contribution in [1.82, 2.24) is 0 Å². The number of nitrogens with two attached hydrogens (primary N) is 1. The van der Waals surface area contributed by atoms with Crippen molar-refractivity contribution in [3.05, 3.63) is 46.2 Å². The van der Waals surface area contributed by atoms with Gasteiger partial charge in [-0.05, 0) is 53.0 Å². The first-order chi connectivity index (χ1) is 9.99. The summed E-state index contributed by atoms with van der Waals surface area (Å²) in [7, 11) is 0. The summed E-state index contributed by atoms with van der Waals surface area (Å²) in [5, 5.41) is 3.24. The molecule has 0 aliphatic rings. The third kappa shape index (κ3) is 4.11. The summed E-state index contributed by atoms with van der Waals surface area (Å²) >= 11 is 3.19. The number of hydrogen-bond donors (Lipinski definition) is 2. The lowest BCUT2D eigenvalue weighted by atomic mass is 10.2. The summed E-state index contributed by atoms with van der Waals surface area (Å²) in [5.74, 6) is 0.441. The van der Waals surface area contributed by atoms with Crippen LogP contribution in [-0.2, 0) is 0 Å². The van der Waals surface area contributed by atoms with Crippen molar-refractivity contribution in [2.45, 2.75) is 20.3 Å². The highest BCUT2D eigenvalue weighted by Gasteiger charge is 2.07. The van der Waals surface area contributed by atoms with Crippen molar-refractivity contribution in [3.63, 3.8) is 0 Å². The molecule has 21 heavy (non-hydrogen) atoms. The van der Waals surface area contributed by atoms with E-state index in [-0.39, 0.29) is 5.82 Å². The molecule has 0 saturated carbocycles. The minimum Gasteiger partial charge on any atom is -0.493 e. The number of nitrogens with one attached hydrogen (secondary N) is 1. The Morgan fingerprint density at radius 3 is 2.71 bits per heavy atom. The van der Waals surface area contributed by atoms with Gasteiger partial charge in [-0.3, -0.25) is 0 Å². The monoisotopic (exact) mass is 352 g/mol. The molecule has 112 valence electrons.